The molecule has 4 aromatic rings. The minimum atomic E-state index is -0.990. The van der Waals surface area contributed by atoms with Crippen LogP contribution in [0, 0.1) is 0 Å². The molecule has 11 heteroatoms. The number of alkyl halides is 1. The van der Waals surface area contributed by atoms with Crippen molar-refractivity contribution in [1.29, 1.82) is 0 Å². The molecule has 34 heavy (non-hydrogen) atoms. The van der Waals surface area contributed by atoms with Gasteiger partial charge in [0, 0.05) is 50.0 Å². The Balaban J connectivity index is 1.49. The first-order valence-corrected chi connectivity index (χ1v) is 11.2. The zero-order valence-electron chi connectivity index (χ0n) is 18.7. The van der Waals surface area contributed by atoms with Crippen LogP contribution in [0.4, 0.5) is 10.2 Å². The molecule has 6 rings (SSSR count). The topological polar surface area (TPSA) is 108 Å². The van der Waals surface area contributed by atoms with Gasteiger partial charge in [0.25, 0.3) is 5.91 Å². The van der Waals surface area contributed by atoms with E-state index in [4.69, 9.17) is 14.5 Å². The molecule has 10 nitrogen and oxygen atoms in total. The Labute approximate surface area is 194 Å². The van der Waals surface area contributed by atoms with Crippen LogP contribution in [0.2, 0.25) is 0 Å². The summed E-state index contributed by atoms with van der Waals surface area (Å²) >= 11 is 0. The molecule has 1 saturated carbocycles. The number of nitrogens with zero attached hydrogens (tertiary/aromatic N) is 5. The smallest absolute Gasteiger partial charge is 0.257 e. The Bertz CT molecular complexity index is 1400. The van der Waals surface area contributed by atoms with Gasteiger partial charge in [0.15, 0.2) is 5.65 Å². The number of ether oxygens (including phenoxy) is 2. The molecular weight excluding hydrogens is 441 g/mol. The molecule has 2 fully saturated rings. The highest BCUT2D eigenvalue weighted by molar-refractivity contribution is 6.01. The summed E-state index contributed by atoms with van der Waals surface area (Å²) < 4.78 is 28.3. The number of hydrogen-bond donors (Lipinski definition) is 2. The maximum atomic E-state index is 13.3. The summed E-state index contributed by atoms with van der Waals surface area (Å²) in [7, 11) is 3.46. The van der Waals surface area contributed by atoms with E-state index in [0.29, 0.717) is 42.4 Å². The van der Waals surface area contributed by atoms with E-state index >= 15 is 0 Å². The molecule has 0 aromatic carbocycles. The Kier molecular flexibility index (Phi) is 4.96. The summed E-state index contributed by atoms with van der Waals surface area (Å²) in [5.74, 6) is 0.277. The lowest BCUT2D eigenvalue weighted by atomic mass is 10.1. The van der Waals surface area contributed by atoms with Crippen molar-refractivity contribution in [3.8, 4) is 11.3 Å². The molecule has 2 aliphatic rings. The number of carbonyl (C=O) groups excluding carboxylic acids is 1. The second kappa shape index (κ2) is 8.03. The van der Waals surface area contributed by atoms with Crippen molar-refractivity contribution in [2.24, 2.45) is 0 Å². The van der Waals surface area contributed by atoms with Crippen molar-refractivity contribution >= 4 is 28.4 Å². The number of anilines is 1. The molecule has 0 radical (unpaired) electrons. The zero-order chi connectivity index (χ0) is 23.4. The lowest BCUT2D eigenvalue weighted by Crippen LogP contribution is -2.27. The lowest BCUT2D eigenvalue weighted by Gasteiger charge is -2.18. The average molecular weight is 465 g/mol. The van der Waals surface area contributed by atoms with Crippen molar-refractivity contribution in [2.75, 3.05) is 32.7 Å². The number of amides is 1. The SMILES string of the molecule is CNc1cc(-c2cn([C@@H]3COC[C@H]3OC)c3ncccc23)nc2c(C(=O)N[C@@H]3C[C@@H]3F)cnn12. The number of fused-ring (bicyclic) bond motifs is 2. The fourth-order valence-corrected chi connectivity index (χ4v) is 4.55. The maximum absolute atomic E-state index is 13.3. The van der Waals surface area contributed by atoms with Gasteiger partial charge in [0.2, 0.25) is 0 Å². The van der Waals surface area contributed by atoms with Crippen LogP contribution in [0.15, 0.2) is 36.8 Å². The van der Waals surface area contributed by atoms with Crippen molar-refractivity contribution in [3.63, 3.8) is 0 Å². The van der Waals surface area contributed by atoms with Crippen LogP contribution in [0.5, 0.6) is 0 Å². The van der Waals surface area contributed by atoms with Gasteiger partial charge in [0.05, 0.1) is 37.2 Å². The van der Waals surface area contributed by atoms with Crippen molar-refractivity contribution < 1.29 is 18.7 Å². The first kappa shape index (κ1) is 21.0. The fourth-order valence-electron chi connectivity index (χ4n) is 4.55. The molecule has 0 unspecified atom stereocenters. The summed E-state index contributed by atoms with van der Waals surface area (Å²) in [6.07, 6.45) is 4.49. The van der Waals surface area contributed by atoms with E-state index in [-0.39, 0.29) is 18.1 Å². The summed E-state index contributed by atoms with van der Waals surface area (Å²) in [4.78, 5) is 22.2. The highest BCUT2D eigenvalue weighted by Gasteiger charge is 2.39. The van der Waals surface area contributed by atoms with Crippen LogP contribution < -0.4 is 10.6 Å². The molecule has 1 saturated heterocycles. The minimum absolute atomic E-state index is 0.0212. The fraction of sp³-hybridized carbons (Fsp3) is 0.391. The molecule has 4 aromatic heterocycles. The third-order valence-corrected chi connectivity index (χ3v) is 6.53. The molecule has 2 N–H and O–H groups in total. The molecule has 0 bridgehead atoms. The van der Waals surface area contributed by atoms with Crippen LogP contribution in [0.3, 0.4) is 0 Å². The van der Waals surface area contributed by atoms with E-state index in [9.17, 15) is 9.18 Å². The largest absolute Gasteiger partial charge is 0.377 e. The number of methoxy groups -OCH3 is 1. The molecule has 5 heterocycles. The standard InChI is InChI=1S/C23H24FN7O3/c1-25-20-7-16(28-22-13(8-27-31(20)22)23(32)29-17-6-15(17)24)14-9-30(18-10-34-11-19(18)33-2)21-12(14)4-3-5-26-21/h3-5,7-9,15,17-19,25H,6,10-11H2,1-2H3,(H,29,32)/t15-,17+,18+,19+/m0/s1. The van der Waals surface area contributed by atoms with Gasteiger partial charge in [-0.05, 0) is 12.1 Å². The summed E-state index contributed by atoms with van der Waals surface area (Å²) in [6.45, 7) is 1.04. The van der Waals surface area contributed by atoms with Crippen molar-refractivity contribution in [2.45, 2.75) is 30.8 Å². The van der Waals surface area contributed by atoms with E-state index in [0.717, 1.165) is 16.6 Å². The predicted molar refractivity (Wildman–Crippen MR) is 123 cm³/mol. The highest BCUT2D eigenvalue weighted by atomic mass is 19.1. The third kappa shape index (κ3) is 3.31. The normalized spacial score (nSPS) is 24.1. The summed E-state index contributed by atoms with van der Waals surface area (Å²) in [6, 6.07) is 5.29. The Hall–Kier alpha value is -3.57. The number of nitrogens with one attached hydrogen (secondary N) is 2. The average Bonchev–Trinajstić information content (AvgIpc) is 3.27. The lowest BCUT2D eigenvalue weighted by molar-refractivity contribution is 0.0692. The minimum Gasteiger partial charge on any atom is -0.377 e. The first-order chi connectivity index (χ1) is 16.6. The molecular formula is C23H24FN7O3. The van der Waals surface area contributed by atoms with E-state index in [1.165, 1.54) is 6.20 Å². The second-order valence-corrected chi connectivity index (χ2v) is 8.61. The Morgan fingerprint density at radius 3 is 2.94 bits per heavy atom. The molecule has 0 spiro atoms. The Morgan fingerprint density at radius 1 is 1.32 bits per heavy atom. The molecule has 176 valence electrons. The van der Waals surface area contributed by atoms with Crippen molar-refractivity contribution in [3.05, 3.63) is 42.4 Å². The third-order valence-electron chi connectivity index (χ3n) is 6.53. The van der Waals surface area contributed by atoms with Crippen LogP contribution in [0.25, 0.3) is 27.9 Å². The van der Waals surface area contributed by atoms with Gasteiger partial charge in [-0.1, -0.05) is 0 Å². The number of hydrogen-bond acceptors (Lipinski definition) is 7. The van der Waals surface area contributed by atoms with Crippen LogP contribution >= 0.6 is 0 Å². The Morgan fingerprint density at radius 2 is 2.18 bits per heavy atom. The second-order valence-electron chi connectivity index (χ2n) is 8.61. The monoisotopic (exact) mass is 465 g/mol. The van der Waals surface area contributed by atoms with Gasteiger partial charge in [-0.25, -0.2) is 14.4 Å². The van der Waals surface area contributed by atoms with Gasteiger partial charge in [-0.3, -0.25) is 4.79 Å². The quantitative estimate of drug-likeness (QED) is 0.450. The summed E-state index contributed by atoms with van der Waals surface area (Å²) in [5.41, 5.74) is 3.01. The number of halogens is 1. The number of carbonyl (C=O) groups is 1. The van der Waals surface area contributed by atoms with E-state index in [2.05, 4.69) is 25.3 Å². The maximum Gasteiger partial charge on any atom is 0.257 e. The molecule has 1 aliphatic carbocycles. The van der Waals surface area contributed by atoms with Gasteiger partial charge >= 0.3 is 0 Å². The van der Waals surface area contributed by atoms with Gasteiger partial charge < -0.3 is 24.7 Å². The van der Waals surface area contributed by atoms with Crippen LogP contribution in [-0.4, -0.2) is 75.7 Å². The van der Waals surface area contributed by atoms with Gasteiger partial charge in [-0.15, -0.1) is 0 Å². The van der Waals surface area contributed by atoms with Gasteiger partial charge in [-0.2, -0.15) is 9.61 Å². The zero-order valence-corrected chi connectivity index (χ0v) is 18.7. The molecule has 1 aliphatic heterocycles. The van der Waals surface area contributed by atoms with E-state index < -0.39 is 12.2 Å². The highest BCUT2D eigenvalue weighted by Crippen LogP contribution is 2.35. The van der Waals surface area contributed by atoms with E-state index in [1.54, 1.807) is 24.9 Å². The van der Waals surface area contributed by atoms with Crippen molar-refractivity contribution in [1.82, 2.24) is 29.5 Å². The van der Waals surface area contributed by atoms with Crippen LogP contribution in [0.1, 0.15) is 22.8 Å². The molecule has 1 amide bonds. The van der Waals surface area contributed by atoms with E-state index in [1.807, 2.05) is 24.4 Å². The predicted octanol–water partition coefficient (Wildman–Crippen LogP) is 2.21. The number of rotatable bonds is 6. The van der Waals surface area contributed by atoms with Crippen LogP contribution in [-0.2, 0) is 9.47 Å². The summed E-state index contributed by atoms with van der Waals surface area (Å²) in [5, 5.41) is 11.1. The number of aromatic nitrogens is 5. The van der Waals surface area contributed by atoms with Gasteiger partial charge in [0.1, 0.15) is 29.3 Å². The number of pyridine rings is 1. The first-order valence-electron chi connectivity index (χ1n) is 11.2. The molecule has 4 atom stereocenters.